The molecule has 1 heterocycles. The van der Waals surface area contributed by atoms with Crippen molar-refractivity contribution in [2.45, 2.75) is 26.3 Å². The zero-order valence-corrected chi connectivity index (χ0v) is 12.8. The third-order valence-electron chi connectivity index (χ3n) is 2.94. The smallest absolute Gasteiger partial charge is 0.145 e. The molecule has 2 rings (SSSR count). The summed E-state index contributed by atoms with van der Waals surface area (Å²) in [5, 5.41) is 3.45. The third kappa shape index (κ3) is 3.85. The summed E-state index contributed by atoms with van der Waals surface area (Å²) in [5.74, 6) is 0.850. The van der Waals surface area contributed by atoms with Gasteiger partial charge in [-0.2, -0.15) is 0 Å². The van der Waals surface area contributed by atoms with Crippen molar-refractivity contribution in [3.8, 4) is 0 Å². The van der Waals surface area contributed by atoms with Gasteiger partial charge in [0.15, 0.2) is 0 Å². The second kappa shape index (κ2) is 6.78. The molecule has 0 spiro atoms. The molecule has 1 atom stereocenters. The first-order chi connectivity index (χ1) is 9.20. The molecule has 0 amide bonds. The molecule has 0 saturated carbocycles. The lowest BCUT2D eigenvalue weighted by Crippen LogP contribution is -2.25. The van der Waals surface area contributed by atoms with E-state index in [1.807, 2.05) is 25.4 Å². The number of likely N-dealkylation sites (N-methyl/N-ethyl adjacent to an activating group) is 1. The van der Waals surface area contributed by atoms with E-state index in [9.17, 15) is 0 Å². The zero-order chi connectivity index (χ0) is 13.7. The van der Waals surface area contributed by atoms with E-state index in [1.165, 1.54) is 5.56 Å². The number of rotatable bonds is 5. The van der Waals surface area contributed by atoms with E-state index in [0.717, 1.165) is 28.8 Å². The Morgan fingerprint density at radius 3 is 2.53 bits per heavy atom. The molecule has 3 nitrogen and oxygen atoms in total. The second-order valence-electron chi connectivity index (χ2n) is 4.52. The Bertz CT molecular complexity index is 525. The molecule has 100 valence electrons. The van der Waals surface area contributed by atoms with Crippen LogP contribution in [0.2, 0.25) is 0 Å². The number of hydrogen-bond acceptors (Lipinski definition) is 3. The highest BCUT2D eigenvalue weighted by Gasteiger charge is 2.15. The quantitative estimate of drug-likeness (QED) is 0.917. The van der Waals surface area contributed by atoms with Gasteiger partial charge in [0.1, 0.15) is 5.82 Å². The van der Waals surface area contributed by atoms with Gasteiger partial charge in [-0.25, -0.2) is 9.97 Å². The van der Waals surface area contributed by atoms with Crippen LogP contribution in [0.25, 0.3) is 0 Å². The molecule has 0 bridgehead atoms. The van der Waals surface area contributed by atoms with Gasteiger partial charge in [0, 0.05) is 16.9 Å². The highest BCUT2D eigenvalue weighted by Crippen LogP contribution is 2.22. The van der Waals surface area contributed by atoms with E-state index in [-0.39, 0.29) is 6.04 Å². The molecule has 19 heavy (non-hydrogen) atoms. The first-order valence-electron chi connectivity index (χ1n) is 6.46. The van der Waals surface area contributed by atoms with Crippen LogP contribution in [0, 0.1) is 6.92 Å². The Labute approximate surface area is 122 Å². The highest BCUT2D eigenvalue weighted by molar-refractivity contribution is 9.10. The van der Waals surface area contributed by atoms with E-state index < -0.39 is 0 Å². The van der Waals surface area contributed by atoms with Gasteiger partial charge >= 0.3 is 0 Å². The minimum atomic E-state index is 0.143. The molecule has 1 aromatic carbocycles. The van der Waals surface area contributed by atoms with Gasteiger partial charge < -0.3 is 5.32 Å². The molecule has 4 heteroatoms. The van der Waals surface area contributed by atoms with Crippen molar-refractivity contribution in [2.75, 3.05) is 6.54 Å². The Hall–Kier alpha value is -1.26. The number of hydrogen-bond donors (Lipinski definition) is 1. The average molecular weight is 320 g/mol. The normalized spacial score (nSPS) is 12.4. The van der Waals surface area contributed by atoms with Crippen LogP contribution >= 0.6 is 15.9 Å². The van der Waals surface area contributed by atoms with Gasteiger partial charge in [-0.05, 0) is 37.1 Å². The van der Waals surface area contributed by atoms with E-state index in [1.54, 1.807) is 0 Å². The highest BCUT2D eigenvalue weighted by atomic mass is 79.9. The van der Waals surface area contributed by atoms with Crippen LogP contribution in [0.15, 0.2) is 41.1 Å². The van der Waals surface area contributed by atoms with Crippen molar-refractivity contribution in [1.82, 2.24) is 15.3 Å². The summed E-state index contributed by atoms with van der Waals surface area (Å²) >= 11 is 3.59. The van der Waals surface area contributed by atoms with Crippen molar-refractivity contribution in [1.29, 1.82) is 0 Å². The molecule has 0 aliphatic carbocycles. The number of aryl methyl sites for hydroxylation is 1. The summed E-state index contributed by atoms with van der Waals surface area (Å²) in [6.07, 6.45) is 4.61. The summed E-state index contributed by atoms with van der Waals surface area (Å²) < 4.78 is 1.13. The topological polar surface area (TPSA) is 37.8 Å². The maximum absolute atomic E-state index is 4.43. The van der Waals surface area contributed by atoms with Gasteiger partial charge in [0.25, 0.3) is 0 Å². The lowest BCUT2D eigenvalue weighted by molar-refractivity contribution is 0.520. The summed E-state index contributed by atoms with van der Waals surface area (Å²) in [6, 6.07) is 8.41. The minimum absolute atomic E-state index is 0.143. The van der Waals surface area contributed by atoms with Crippen molar-refractivity contribution in [3.63, 3.8) is 0 Å². The van der Waals surface area contributed by atoms with Crippen LogP contribution in [0.4, 0.5) is 0 Å². The molecule has 0 aliphatic heterocycles. The van der Waals surface area contributed by atoms with Crippen molar-refractivity contribution < 1.29 is 0 Å². The fourth-order valence-corrected chi connectivity index (χ4v) is 2.41. The summed E-state index contributed by atoms with van der Waals surface area (Å²) in [7, 11) is 0. The zero-order valence-electron chi connectivity index (χ0n) is 11.2. The molecule has 1 unspecified atom stereocenters. The van der Waals surface area contributed by atoms with Crippen LogP contribution in [0.5, 0.6) is 0 Å². The second-order valence-corrected chi connectivity index (χ2v) is 5.38. The van der Waals surface area contributed by atoms with Crippen LogP contribution in [-0.4, -0.2) is 16.5 Å². The molecule has 1 aromatic heterocycles. The molecule has 2 aromatic rings. The molecular weight excluding hydrogens is 302 g/mol. The fraction of sp³-hybridized carbons (Fsp3) is 0.333. The van der Waals surface area contributed by atoms with Crippen LogP contribution in [0.1, 0.15) is 29.9 Å². The van der Waals surface area contributed by atoms with Crippen LogP contribution < -0.4 is 5.32 Å². The predicted molar refractivity (Wildman–Crippen MR) is 81.0 cm³/mol. The maximum atomic E-state index is 4.43. The van der Waals surface area contributed by atoms with Gasteiger partial charge in [-0.1, -0.05) is 41.1 Å². The summed E-state index contributed by atoms with van der Waals surface area (Å²) in [4.78, 5) is 8.87. The standard InChI is InChI=1S/C15H18BrN3/c1-3-17-14(15-18-9-11(2)10-19-15)8-12-6-4-5-7-13(12)16/h4-7,9-10,14,17H,3,8H2,1-2H3. The predicted octanol–water partition coefficient (Wildman–Crippen LogP) is 3.44. The lowest BCUT2D eigenvalue weighted by atomic mass is 10.1. The summed E-state index contributed by atoms with van der Waals surface area (Å²) in [5.41, 5.74) is 2.34. The van der Waals surface area contributed by atoms with Crippen molar-refractivity contribution >= 4 is 15.9 Å². The molecule has 0 fully saturated rings. The number of nitrogens with one attached hydrogen (secondary N) is 1. The Kier molecular flexibility index (Phi) is 5.05. The van der Waals surface area contributed by atoms with Gasteiger partial charge in [-0.15, -0.1) is 0 Å². The van der Waals surface area contributed by atoms with E-state index >= 15 is 0 Å². The molecule has 0 radical (unpaired) electrons. The van der Waals surface area contributed by atoms with Crippen molar-refractivity contribution in [2.24, 2.45) is 0 Å². The van der Waals surface area contributed by atoms with Gasteiger partial charge in [-0.3, -0.25) is 0 Å². The minimum Gasteiger partial charge on any atom is -0.307 e. The van der Waals surface area contributed by atoms with E-state index in [0.29, 0.717) is 0 Å². The monoisotopic (exact) mass is 319 g/mol. The van der Waals surface area contributed by atoms with Gasteiger partial charge in [0.05, 0.1) is 6.04 Å². The Morgan fingerprint density at radius 2 is 1.89 bits per heavy atom. The fourth-order valence-electron chi connectivity index (χ4n) is 1.97. The molecule has 0 aliphatic rings. The number of halogens is 1. The maximum Gasteiger partial charge on any atom is 0.145 e. The first-order valence-corrected chi connectivity index (χ1v) is 7.25. The molecular formula is C15H18BrN3. The Morgan fingerprint density at radius 1 is 1.21 bits per heavy atom. The van der Waals surface area contributed by atoms with E-state index in [4.69, 9.17) is 0 Å². The van der Waals surface area contributed by atoms with Gasteiger partial charge in [0.2, 0.25) is 0 Å². The number of benzene rings is 1. The van der Waals surface area contributed by atoms with E-state index in [2.05, 4.69) is 56.3 Å². The third-order valence-corrected chi connectivity index (χ3v) is 3.72. The lowest BCUT2D eigenvalue weighted by Gasteiger charge is -2.17. The SMILES string of the molecule is CCNC(Cc1ccccc1Br)c1ncc(C)cn1. The first kappa shape index (κ1) is 14.2. The largest absolute Gasteiger partial charge is 0.307 e. The Balaban J connectivity index is 2.21. The van der Waals surface area contributed by atoms with Crippen molar-refractivity contribution in [3.05, 3.63) is 58.1 Å². The average Bonchev–Trinajstić information content (AvgIpc) is 2.42. The number of nitrogens with zero attached hydrogens (tertiary/aromatic N) is 2. The number of aromatic nitrogens is 2. The molecule has 0 saturated heterocycles. The van der Waals surface area contributed by atoms with Crippen LogP contribution in [0.3, 0.4) is 0 Å². The molecule has 1 N–H and O–H groups in total. The summed E-state index contributed by atoms with van der Waals surface area (Å²) in [6.45, 7) is 4.99. The van der Waals surface area contributed by atoms with Crippen LogP contribution in [-0.2, 0) is 6.42 Å².